The maximum absolute atomic E-state index is 11.5. The van der Waals surface area contributed by atoms with Crippen molar-refractivity contribution >= 4 is 11.9 Å². The second-order valence-corrected chi connectivity index (χ2v) is 5.36. The fourth-order valence-electron chi connectivity index (χ4n) is 2.52. The largest absolute Gasteiger partial charge is 0.469 e. The zero-order chi connectivity index (χ0) is 14.3. The molecule has 0 N–H and O–H groups in total. The van der Waals surface area contributed by atoms with Gasteiger partial charge in [-0.15, -0.1) is 0 Å². The lowest BCUT2D eigenvalue weighted by Crippen LogP contribution is -2.41. The zero-order valence-corrected chi connectivity index (χ0v) is 12.4. The molecule has 0 bridgehead atoms. The van der Waals surface area contributed by atoms with Crippen LogP contribution < -0.4 is 0 Å². The molecule has 0 aromatic carbocycles. The average Bonchev–Trinajstić information content (AvgIpc) is 2.40. The Morgan fingerprint density at radius 1 is 1.32 bits per heavy atom. The van der Waals surface area contributed by atoms with E-state index in [0.717, 1.165) is 25.9 Å². The summed E-state index contributed by atoms with van der Waals surface area (Å²) in [6.07, 6.45) is 5.31. The van der Waals surface area contributed by atoms with Crippen LogP contribution in [0.25, 0.3) is 0 Å². The number of amides is 1. The van der Waals surface area contributed by atoms with Gasteiger partial charge in [0.15, 0.2) is 0 Å². The van der Waals surface area contributed by atoms with E-state index in [0.29, 0.717) is 12.8 Å². The normalized spacial score (nSPS) is 20.1. The van der Waals surface area contributed by atoms with E-state index in [1.54, 1.807) is 19.0 Å². The number of hydrogen-bond donors (Lipinski definition) is 0. The SMILES string of the molecule is COC(=O)CC1CCCCN1CCCC(=O)N(C)C. The quantitative estimate of drug-likeness (QED) is 0.682. The van der Waals surface area contributed by atoms with Crippen LogP contribution in [0.2, 0.25) is 0 Å². The number of methoxy groups -OCH3 is 1. The number of ether oxygens (including phenoxy) is 1. The van der Waals surface area contributed by atoms with Crippen LogP contribution >= 0.6 is 0 Å². The summed E-state index contributed by atoms with van der Waals surface area (Å²) < 4.78 is 4.75. The first kappa shape index (κ1) is 16.0. The predicted octanol–water partition coefficient (Wildman–Crippen LogP) is 1.27. The van der Waals surface area contributed by atoms with Crippen molar-refractivity contribution in [2.75, 3.05) is 34.3 Å². The van der Waals surface area contributed by atoms with Crippen molar-refractivity contribution in [1.82, 2.24) is 9.80 Å². The lowest BCUT2D eigenvalue weighted by atomic mass is 9.99. The van der Waals surface area contributed by atoms with Gasteiger partial charge in [0.25, 0.3) is 0 Å². The highest BCUT2D eigenvalue weighted by Gasteiger charge is 2.24. The molecule has 1 rings (SSSR count). The third-order valence-corrected chi connectivity index (χ3v) is 3.71. The van der Waals surface area contributed by atoms with Crippen molar-refractivity contribution in [3.8, 4) is 0 Å². The molecule has 1 atom stereocenters. The van der Waals surface area contributed by atoms with E-state index in [4.69, 9.17) is 4.74 Å². The van der Waals surface area contributed by atoms with E-state index in [1.807, 2.05) is 0 Å². The molecule has 5 nitrogen and oxygen atoms in total. The summed E-state index contributed by atoms with van der Waals surface area (Å²) in [6, 6.07) is 0.288. The van der Waals surface area contributed by atoms with E-state index < -0.39 is 0 Å². The smallest absolute Gasteiger partial charge is 0.307 e. The van der Waals surface area contributed by atoms with E-state index >= 15 is 0 Å². The molecule has 1 saturated heterocycles. The minimum absolute atomic E-state index is 0.138. The molecule has 0 aromatic rings. The van der Waals surface area contributed by atoms with Gasteiger partial charge in [0.2, 0.25) is 5.91 Å². The molecule has 1 aliphatic rings. The molecule has 0 aromatic heterocycles. The van der Waals surface area contributed by atoms with Crippen LogP contribution in [0.3, 0.4) is 0 Å². The van der Waals surface area contributed by atoms with Crippen LogP contribution in [0, 0.1) is 0 Å². The van der Waals surface area contributed by atoms with Gasteiger partial charge in [0.1, 0.15) is 0 Å². The van der Waals surface area contributed by atoms with E-state index in [1.165, 1.54) is 20.0 Å². The molecule has 0 aliphatic carbocycles. The van der Waals surface area contributed by atoms with Crippen molar-refractivity contribution < 1.29 is 14.3 Å². The second-order valence-electron chi connectivity index (χ2n) is 5.36. The Kier molecular flexibility index (Phi) is 6.84. The Balaban J connectivity index is 2.35. The number of nitrogens with zero attached hydrogens (tertiary/aromatic N) is 2. The number of rotatable bonds is 6. The second kappa shape index (κ2) is 8.15. The fourth-order valence-corrected chi connectivity index (χ4v) is 2.52. The lowest BCUT2D eigenvalue weighted by molar-refractivity contribution is -0.142. The Bertz CT molecular complexity index is 305. The molecule has 1 heterocycles. The van der Waals surface area contributed by atoms with Gasteiger partial charge in [-0.05, 0) is 32.4 Å². The Hall–Kier alpha value is -1.10. The van der Waals surface area contributed by atoms with Crippen LogP contribution in [-0.4, -0.2) is 62.0 Å². The van der Waals surface area contributed by atoms with Crippen LogP contribution in [-0.2, 0) is 14.3 Å². The molecule has 0 saturated carbocycles. The zero-order valence-electron chi connectivity index (χ0n) is 12.4. The highest BCUT2D eigenvalue weighted by molar-refractivity contribution is 5.75. The van der Waals surface area contributed by atoms with Gasteiger partial charge < -0.3 is 9.64 Å². The van der Waals surface area contributed by atoms with Gasteiger partial charge in [-0.2, -0.15) is 0 Å². The lowest BCUT2D eigenvalue weighted by Gasteiger charge is -2.35. The van der Waals surface area contributed by atoms with E-state index in [-0.39, 0.29) is 17.9 Å². The van der Waals surface area contributed by atoms with E-state index in [9.17, 15) is 9.59 Å². The third-order valence-electron chi connectivity index (χ3n) is 3.71. The number of carbonyl (C=O) groups is 2. The van der Waals surface area contributed by atoms with Crippen molar-refractivity contribution in [2.45, 2.75) is 44.6 Å². The van der Waals surface area contributed by atoms with Crippen molar-refractivity contribution in [2.24, 2.45) is 0 Å². The standard InChI is InChI=1S/C14H26N2O3/c1-15(2)13(17)8-6-10-16-9-5-4-7-12(16)11-14(18)19-3/h12H,4-11H2,1-3H3. The molecule has 0 radical (unpaired) electrons. The molecular formula is C14H26N2O3. The van der Waals surface area contributed by atoms with Crippen LogP contribution in [0.4, 0.5) is 0 Å². The average molecular weight is 270 g/mol. The number of piperidine rings is 1. The molecule has 1 amide bonds. The van der Waals surface area contributed by atoms with Crippen molar-refractivity contribution in [1.29, 1.82) is 0 Å². The van der Waals surface area contributed by atoms with E-state index in [2.05, 4.69) is 4.90 Å². The van der Waals surface area contributed by atoms with Gasteiger partial charge in [0.05, 0.1) is 13.5 Å². The van der Waals surface area contributed by atoms with Gasteiger partial charge >= 0.3 is 5.97 Å². The molecule has 1 aliphatic heterocycles. The monoisotopic (exact) mass is 270 g/mol. The van der Waals surface area contributed by atoms with Crippen LogP contribution in [0.15, 0.2) is 0 Å². The maximum Gasteiger partial charge on any atom is 0.307 e. The highest BCUT2D eigenvalue weighted by atomic mass is 16.5. The summed E-state index contributed by atoms with van der Waals surface area (Å²) in [5.41, 5.74) is 0. The molecule has 19 heavy (non-hydrogen) atoms. The summed E-state index contributed by atoms with van der Waals surface area (Å²) in [5, 5.41) is 0. The topological polar surface area (TPSA) is 49.9 Å². The summed E-state index contributed by atoms with van der Waals surface area (Å²) in [7, 11) is 5.00. The molecular weight excluding hydrogens is 244 g/mol. The Morgan fingerprint density at radius 3 is 2.68 bits per heavy atom. The van der Waals surface area contributed by atoms with Crippen molar-refractivity contribution in [3.05, 3.63) is 0 Å². The van der Waals surface area contributed by atoms with Gasteiger partial charge in [0, 0.05) is 26.6 Å². The molecule has 1 fully saturated rings. The number of likely N-dealkylation sites (tertiary alicyclic amines) is 1. The number of esters is 1. The third kappa shape index (κ3) is 5.59. The Morgan fingerprint density at radius 2 is 2.05 bits per heavy atom. The highest BCUT2D eigenvalue weighted by Crippen LogP contribution is 2.20. The number of carbonyl (C=O) groups excluding carboxylic acids is 2. The summed E-state index contributed by atoms with van der Waals surface area (Å²) in [6.45, 7) is 1.92. The fraction of sp³-hybridized carbons (Fsp3) is 0.857. The minimum atomic E-state index is -0.138. The van der Waals surface area contributed by atoms with Crippen molar-refractivity contribution in [3.63, 3.8) is 0 Å². The summed E-state index contributed by atoms with van der Waals surface area (Å²) in [4.78, 5) is 26.9. The van der Waals surface area contributed by atoms with Gasteiger partial charge in [-0.3, -0.25) is 14.5 Å². The molecule has 1 unspecified atom stereocenters. The Labute approximate surface area is 115 Å². The predicted molar refractivity (Wildman–Crippen MR) is 73.8 cm³/mol. The summed E-state index contributed by atoms with van der Waals surface area (Å²) >= 11 is 0. The maximum atomic E-state index is 11.5. The minimum Gasteiger partial charge on any atom is -0.469 e. The first-order valence-corrected chi connectivity index (χ1v) is 7.05. The first-order chi connectivity index (χ1) is 9.04. The first-order valence-electron chi connectivity index (χ1n) is 7.05. The van der Waals surface area contributed by atoms with Gasteiger partial charge in [-0.1, -0.05) is 6.42 Å². The molecule has 5 heteroatoms. The molecule has 110 valence electrons. The number of hydrogen-bond acceptors (Lipinski definition) is 4. The molecule has 0 spiro atoms. The summed E-state index contributed by atoms with van der Waals surface area (Å²) in [5.74, 6) is 0.0304. The van der Waals surface area contributed by atoms with Crippen LogP contribution in [0.5, 0.6) is 0 Å². The van der Waals surface area contributed by atoms with Crippen LogP contribution in [0.1, 0.15) is 38.5 Å². The van der Waals surface area contributed by atoms with Gasteiger partial charge in [-0.25, -0.2) is 0 Å².